The molecule has 4 nitrogen and oxygen atoms in total. The van der Waals surface area contributed by atoms with Crippen LogP contribution in [0.4, 0.5) is 0 Å². The van der Waals surface area contributed by atoms with Crippen LogP contribution >= 0.6 is 11.6 Å². The third-order valence-electron chi connectivity index (χ3n) is 9.18. The first kappa shape index (κ1) is 22.5. The maximum absolute atomic E-state index is 13.9. The molecule has 3 aliphatic rings. The number of carbonyl (C=O) groups excluding carboxylic acids is 1. The zero-order valence-corrected chi connectivity index (χ0v) is 19.3. The number of carbonyl (C=O) groups is 1. The lowest BCUT2D eigenvalue weighted by atomic mass is 9.44. The molecule has 3 saturated carbocycles. The van der Waals surface area contributed by atoms with E-state index < -0.39 is 5.41 Å². The lowest BCUT2D eigenvalue weighted by Crippen LogP contribution is -2.63. The van der Waals surface area contributed by atoms with Crippen molar-refractivity contribution in [1.82, 2.24) is 0 Å². The quantitative estimate of drug-likeness (QED) is 0.449. The third-order valence-corrected chi connectivity index (χ3v) is 9.37. The zero-order chi connectivity index (χ0) is 20.7. The molecular formula is C23H39ClO4. The average Bonchev–Trinajstić information content (AvgIpc) is 3.07. The molecule has 0 aromatic rings. The molecule has 162 valence electrons. The highest BCUT2D eigenvalue weighted by Crippen LogP contribution is 2.68. The topological polar surface area (TPSA) is 44.8 Å². The first-order valence-electron chi connectivity index (χ1n) is 10.9. The summed E-state index contributed by atoms with van der Waals surface area (Å²) >= 11 is 6.19. The monoisotopic (exact) mass is 414 g/mol. The minimum Gasteiger partial charge on any atom is -0.381 e. The smallest absolute Gasteiger partial charge is 0.146 e. The molecular weight excluding hydrogens is 376 g/mol. The Kier molecular flexibility index (Phi) is 6.57. The van der Waals surface area contributed by atoms with E-state index in [4.69, 9.17) is 25.8 Å². The van der Waals surface area contributed by atoms with Gasteiger partial charge in [-0.2, -0.15) is 0 Å². The molecule has 3 rings (SSSR count). The molecule has 0 aromatic heterocycles. The minimum absolute atomic E-state index is 0.00168. The highest BCUT2D eigenvalue weighted by Gasteiger charge is 2.68. The van der Waals surface area contributed by atoms with Crippen molar-refractivity contribution in [1.29, 1.82) is 0 Å². The van der Waals surface area contributed by atoms with Crippen LogP contribution in [0.5, 0.6) is 0 Å². The Morgan fingerprint density at radius 3 is 2.43 bits per heavy atom. The van der Waals surface area contributed by atoms with Crippen LogP contribution < -0.4 is 0 Å². The van der Waals surface area contributed by atoms with Gasteiger partial charge in [-0.05, 0) is 55.8 Å². The van der Waals surface area contributed by atoms with Crippen molar-refractivity contribution in [3.63, 3.8) is 0 Å². The van der Waals surface area contributed by atoms with Gasteiger partial charge in [-0.3, -0.25) is 4.79 Å². The van der Waals surface area contributed by atoms with E-state index in [2.05, 4.69) is 27.7 Å². The molecule has 3 fully saturated rings. The van der Waals surface area contributed by atoms with Crippen molar-refractivity contribution in [2.75, 3.05) is 26.9 Å². The maximum atomic E-state index is 13.9. The summed E-state index contributed by atoms with van der Waals surface area (Å²) < 4.78 is 17.7. The van der Waals surface area contributed by atoms with E-state index in [-0.39, 0.29) is 35.7 Å². The number of methoxy groups -OCH3 is 2. The van der Waals surface area contributed by atoms with Crippen LogP contribution in [0.3, 0.4) is 0 Å². The van der Waals surface area contributed by atoms with Gasteiger partial charge >= 0.3 is 0 Å². The second-order valence-electron chi connectivity index (χ2n) is 10.2. The molecule has 0 heterocycles. The van der Waals surface area contributed by atoms with Crippen LogP contribution in [0.1, 0.15) is 66.2 Å². The molecule has 0 N–H and O–H groups in total. The van der Waals surface area contributed by atoms with Gasteiger partial charge in [0.2, 0.25) is 0 Å². The molecule has 28 heavy (non-hydrogen) atoms. The first-order valence-corrected chi connectivity index (χ1v) is 11.5. The van der Waals surface area contributed by atoms with Crippen LogP contribution in [0.25, 0.3) is 0 Å². The largest absolute Gasteiger partial charge is 0.381 e. The first-order chi connectivity index (χ1) is 13.2. The number of ketones is 1. The van der Waals surface area contributed by atoms with Crippen molar-refractivity contribution in [2.24, 2.45) is 34.0 Å². The summed E-state index contributed by atoms with van der Waals surface area (Å²) in [5, 5.41) is 0. The molecule has 0 aromatic carbocycles. The predicted octanol–water partition coefficient (Wildman–Crippen LogP) is 5.07. The van der Waals surface area contributed by atoms with Crippen LogP contribution in [-0.2, 0) is 19.0 Å². The van der Waals surface area contributed by atoms with Gasteiger partial charge in [-0.1, -0.05) is 27.7 Å². The van der Waals surface area contributed by atoms with E-state index in [0.717, 1.165) is 25.7 Å². The lowest BCUT2D eigenvalue weighted by Gasteiger charge is -2.62. The van der Waals surface area contributed by atoms with Gasteiger partial charge in [0.1, 0.15) is 12.6 Å². The maximum Gasteiger partial charge on any atom is 0.146 e. The van der Waals surface area contributed by atoms with Gasteiger partial charge in [0.25, 0.3) is 0 Å². The molecule has 8 atom stereocenters. The fourth-order valence-electron chi connectivity index (χ4n) is 7.32. The number of hydrogen-bond acceptors (Lipinski definition) is 4. The Labute approximate surface area is 176 Å². The zero-order valence-electron chi connectivity index (χ0n) is 18.6. The fourth-order valence-corrected chi connectivity index (χ4v) is 7.73. The van der Waals surface area contributed by atoms with Gasteiger partial charge < -0.3 is 14.2 Å². The molecule has 0 radical (unpaired) electrons. The van der Waals surface area contributed by atoms with E-state index in [1.807, 2.05) is 7.11 Å². The van der Waals surface area contributed by atoms with Crippen LogP contribution in [0.15, 0.2) is 0 Å². The fraction of sp³-hybridized carbons (Fsp3) is 0.957. The van der Waals surface area contributed by atoms with E-state index in [0.29, 0.717) is 36.3 Å². The Hall–Kier alpha value is -0.160. The van der Waals surface area contributed by atoms with Crippen LogP contribution in [-0.4, -0.2) is 44.9 Å². The highest BCUT2D eigenvalue weighted by atomic mass is 35.5. The summed E-state index contributed by atoms with van der Waals surface area (Å²) in [4.78, 5) is 13.9. The van der Waals surface area contributed by atoms with E-state index in [9.17, 15) is 4.79 Å². The molecule has 2 unspecified atom stereocenters. The van der Waals surface area contributed by atoms with Gasteiger partial charge in [0.15, 0.2) is 0 Å². The number of ether oxygens (including phenoxy) is 3. The molecule has 2 bridgehead atoms. The second-order valence-corrected chi connectivity index (χ2v) is 10.6. The van der Waals surface area contributed by atoms with Crippen molar-refractivity contribution >= 4 is 17.4 Å². The number of halogens is 1. The second kappa shape index (κ2) is 8.17. The Bertz CT molecular complexity index is 583. The van der Waals surface area contributed by atoms with Crippen molar-refractivity contribution in [3.05, 3.63) is 0 Å². The standard InChI is InChI=1S/C23H39ClO4/c1-15-7-9-23-10-8-17(27-6)19(23)22(15,4)18(28-14-26-5)13-21(3,11-12-24)20(25)16(23)2/h15-19H,7-14H2,1-6H3/t15-,16+,17-,18-,19?,21-,22+,23?/m1/s1. The molecule has 0 saturated heterocycles. The highest BCUT2D eigenvalue weighted by molar-refractivity contribution is 6.18. The number of rotatable bonds is 6. The summed E-state index contributed by atoms with van der Waals surface area (Å²) in [7, 11) is 3.50. The van der Waals surface area contributed by atoms with Crippen molar-refractivity contribution < 1.29 is 19.0 Å². The molecule has 0 spiro atoms. The Balaban J connectivity index is 2.17. The van der Waals surface area contributed by atoms with E-state index >= 15 is 0 Å². The molecule has 0 aliphatic heterocycles. The molecule has 3 aliphatic carbocycles. The summed E-state index contributed by atoms with van der Waals surface area (Å²) in [6.07, 6.45) is 5.89. The van der Waals surface area contributed by atoms with Gasteiger partial charge in [0, 0.05) is 36.8 Å². The lowest BCUT2D eigenvalue weighted by molar-refractivity contribution is -0.219. The van der Waals surface area contributed by atoms with E-state index in [1.165, 1.54) is 0 Å². The van der Waals surface area contributed by atoms with Crippen LogP contribution in [0, 0.1) is 34.0 Å². The SMILES string of the molecule is COCO[C@@H]1C[C@@](C)(CCCl)C(=O)[C@H](C)C23CC[C@@H](C)[C@]1(C)C2[C@H](OC)CC3. The average molecular weight is 415 g/mol. The minimum atomic E-state index is -0.457. The number of Topliss-reactive ketones (excluding diaryl/α,β-unsaturated/α-hetero) is 1. The predicted molar refractivity (Wildman–Crippen MR) is 111 cm³/mol. The van der Waals surface area contributed by atoms with Crippen LogP contribution in [0.2, 0.25) is 0 Å². The van der Waals surface area contributed by atoms with Gasteiger partial charge in [-0.25, -0.2) is 0 Å². The van der Waals surface area contributed by atoms with Crippen molar-refractivity contribution in [2.45, 2.75) is 78.4 Å². The summed E-state index contributed by atoms with van der Waals surface area (Å²) in [5.74, 6) is 1.73. The third kappa shape index (κ3) is 3.18. The summed E-state index contributed by atoms with van der Waals surface area (Å²) in [5.41, 5.74) is -0.515. The van der Waals surface area contributed by atoms with Gasteiger partial charge in [-0.15, -0.1) is 11.6 Å². The molecule has 5 heteroatoms. The molecule has 0 amide bonds. The summed E-state index contributed by atoms with van der Waals surface area (Å²) in [6.45, 7) is 9.32. The Morgan fingerprint density at radius 2 is 1.82 bits per heavy atom. The number of alkyl halides is 1. The normalized spacial score (nSPS) is 48.8. The Morgan fingerprint density at radius 1 is 1.14 bits per heavy atom. The van der Waals surface area contributed by atoms with Crippen molar-refractivity contribution in [3.8, 4) is 0 Å². The summed E-state index contributed by atoms with van der Waals surface area (Å²) in [6, 6.07) is 0. The van der Waals surface area contributed by atoms with E-state index in [1.54, 1.807) is 7.11 Å². The van der Waals surface area contributed by atoms with Gasteiger partial charge in [0.05, 0.1) is 12.2 Å². The number of hydrogen-bond donors (Lipinski definition) is 0.